The van der Waals surface area contributed by atoms with Crippen molar-refractivity contribution < 1.29 is 14.3 Å². The predicted molar refractivity (Wildman–Crippen MR) is 113 cm³/mol. The number of hydrogen-bond acceptors (Lipinski definition) is 5. The molecule has 0 bridgehead atoms. The lowest BCUT2D eigenvalue weighted by Gasteiger charge is -2.35. The maximum atomic E-state index is 12.7. The molecule has 30 heavy (non-hydrogen) atoms. The van der Waals surface area contributed by atoms with Crippen molar-refractivity contribution in [3.8, 4) is 5.88 Å². The minimum absolute atomic E-state index is 0.0601. The summed E-state index contributed by atoms with van der Waals surface area (Å²) in [7, 11) is 1.82. The molecule has 3 heterocycles. The summed E-state index contributed by atoms with van der Waals surface area (Å²) in [6.45, 7) is 6.20. The monoisotopic (exact) mass is 413 g/mol. The molecule has 1 aliphatic carbocycles. The summed E-state index contributed by atoms with van der Waals surface area (Å²) in [6, 6.07) is 1.99. The molecule has 0 atom stereocenters. The lowest BCUT2D eigenvalue weighted by atomic mass is 10.0. The minimum Gasteiger partial charge on any atom is -0.466 e. The smallest absolute Gasteiger partial charge is 0.260 e. The van der Waals surface area contributed by atoms with Gasteiger partial charge in [0.15, 0.2) is 12.3 Å². The minimum atomic E-state index is -0.0746. The molecule has 0 N–H and O–H groups in total. The van der Waals surface area contributed by atoms with Gasteiger partial charge < -0.3 is 14.5 Å². The first-order valence-electron chi connectivity index (χ1n) is 10.9. The zero-order valence-corrected chi connectivity index (χ0v) is 18.2. The summed E-state index contributed by atoms with van der Waals surface area (Å²) in [4.78, 5) is 33.4. The van der Waals surface area contributed by atoms with Crippen LogP contribution in [0.15, 0.2) is 6.07 Å². The molecule has 2 aromatic heterocycles. The summed E-state index contributed by atoms with van der Waals surface area (Å²) in [6.07, 6.45) is 5.52. The van der Waals surface area contributed by atoms with Gasteiger partial charge in [0.25, 0.3) is 5.91 Å². The van der Waals surface area contributed by atoms with Crippen LogP contribution in [0, 0.1) is 19.8 Å². The van der Waals surface area contributed by atoms with E-state index in [1.165, 1.54) is 25.7 Å². The Labute approximate surface area is 177 Å². The third-order valence-electron chi connectivity index (χ3n) is 6.34. The van der Waals surface area contributed by atoms with Gasteiger partial charge in [0.2, 0.25) is 11.8 Å². The summed E-state index contributed by atoms with van der Waals surface area (Å²) in [5.74, 6) is 1.16. The van der Waals surface area contributed by atoms with Gasteiger partial charge in [-0.25, -0.2) is 9.67 Å². The van der Waals surface area contributed by atoms with Crippen LogP contribution in [0.3, 0.4) is 0 Å². The van der Waals surface area contributed by atoms with E-state index in [0.29, 0.717) is 44.4 Å². The number of amides is 2. The van der Waals surface area contributed by atoms with E-state index in [4.69, 9.17) is 4.74 Å². The molecule has 2 aliphatic rings. The second-order valence-corrected chi connectivity index (χ2v) is 8.61. The van der Waals surface area contributed by atoms with Crippen molar-refractivity contribution in [1.82, 2.24) is 24.6 Å². The summed E-state index contributed by atoms with van der Waals surface area (Å²) < 4.78 is 7.48. The average Bonchev–Trinajstić information content (AvgIpc) is 3.34. The van der Waals surface area contributed by atoms with Crippen LogP contribution < -0.4 is 4.74 Å². The van der Waals surface area contributed by atoms with Crippen LogP contribution >= 0.6 is 0 Å². The Hall–Kier alpha value is -2.64. The molecule has 0 radical (unpaired) electrons. The maximum Gasteiger partial charge on any atom is 0.260 e. The molecule has 1 aliphatic heterocycles. The molecule has 1 saturated heterocycles. The number of pyridine rings is 1. The highest BCUT2D eigenvalue weighted by Gasteiger charge is 2.27. The topological polar surface area (TPSA) is 80.6 Å². The van der Waals surface area contributed by atoms with E-state index in [1.54, 1.807) is 9.58 Å². The third kappa shape index (κ3) is 4.27. The lowest BCUT2D eigenvalue weighted by Crippen LogP contribution is -2.51. The quantitative estimate of drug-likeness (QED) is 0.751. The molecule has 4 rings (SSSR count). The molecular weight excluding hydrogens is 382 g/mol. The average molecular weight is 414 g/mol. The van der Waals surface area contributed by atoms with E-state index in [9.17, 15) is 9.59 Å². The lowest BCUT2D eigenvalue weighted by molar-refractivity contribution is -0.141. The van der Waals surface area contributed by atoms with Gasteiger partial charge in [0, 0.05) is 45.3 Å². The zero-order valence-electron chi connectivity index (χ0n) is 18.2. The van der Waals surface area contributed by atoms with Crippen LogP contribution in [0.25, 0.3) is 11.0 Å². The normalized spacial score (nSPS) is 17.7. The molecule has 2 amide bonds. The van der Waals surface area contributed by atoms with Crippen molar-refractivity contribution in [2.75, 3.05) is 32.8 Å². The fourth-order valence-electron chi connectivity index (χ4n) is 4.67. The van der Waals surface area contributed by atoms with E-state index < -0.39 is 0 Å². The van der Waals surface area contributed by atoms with E-state index >= 15 is 0 Å². The number of ether oxygens (including phenoxy) is 1. The van der Waals surface area contributed by atoms with Gasteiger partial charge in [0.1, 0.15) is 0 Å². The molecule has 2 aromatic rings. The second-order valence-electron chi connectivity index (χ2n) is 8.61. The Kier molecular flexibility index (Phi) is 5.92. The van der Waals surface area contributed by atoms with Crippen molar-refractivity contribution in [3.05, 3.63) is 17.3 Å². The van der Waals surface area contributed by atoms with Gasteiger partial charge in [-0.05, 0) is 44.2 Å². The fourth-order valence-corrected chi connectivity index (χ4v) is 4.67. The van der Waals surface area contributed by atoms with Crippen LogP contribution in [0.4, 0.5) is 0 Å². The highest BCUT2D eigenvalue weighted by atomic mass is 16.5. The molecular formula is C22H31N5O3. The highest BCUT2D eigenvalue weighted by Crippen LogP contribution is 2.29. The Morgan fingerprint density at radius 3 is 2.37 bits per heavy atom. The number of aromatic nitrogens is 3. The Morgan fingerprint density at radius 1 is 1.07 bits per heavy atom. The predicted octanol–water partition coefficient (Wildman–Crippen LogP) is 2.22. The number of rotatable bonds is 5. The summed E-state index contributed by atoms with van der Waals surface area (Å²) in [5, 5.41) is 5.25. The van der Waals surface area contributed by atoms with E-state index in [2.05, 4.69) is 10.1 Å². The molecule has 0 spiro atoms. The van der Waals surface area contributed by atoms with Crippen LogP contribution in [-0.4, -0.2) is 69.2 Å². The zero-order chi connectivity index (χ0) is 21.3. The van der Waals surface area contributed by atoms with Gasteiger partial charge in [0.05, 0.1) is 5.39 Å². The van der Waals surface area contributed by atoms with Crippen molar-refractivity contribution in [3.63, 3.8) is 0 Å². The Balaban J connectivity index is 1.30. The van der Waals surface area contributed by atoms with E-state index in [1.807, 2.05) is 31.9 Å². The van der Waals surface area contributed by atoms with Crippen molar-refractivity contribution >= 4 is 22.8 Å². The number of piperazine rings is 1. The van der Waals surface area contributed by atoms with Gasteiger partial charge in [-0.2, -0.15) is 0 Å². The largest absolute Gasteiger partial charge is 0.466 e. The van der Waals surface area contributed by atoms with E-state index in [-0.39, 0.29) is 18.4 Å². The van der Waals surface area contributed by atoms with Crippen LogP contribution in [0.1, 0.15) is 43.4 Å². The molecule has 0 aromatic carbocycles. The van der Waals surface area contributed by atoms with Gasteiger partial charge in [-0.15, -0.1) is 5.10 Å². The van der Waals surface area contributed by atoms with Crippen LogP contribution in [0.5, 0.6) is 5.88 Å². The molecule has 162 valence electrons. The van der Waals surface area contributed by atoms with Crippen molar-refractivity contribution in [2.24, 2.45) is 13.0 Å². The highest BCUT2D eigenvalue weighted by molar-refractivity contribution is 5.86. The first-order chi connectivity index (χ1) is 14.4. The molecule has 0 unspecified atom stereocenters. The number of carbonyl (C=O) groups is 2. The molecule has 1 saturated carbocycles. The van der Waals surface area contributed by atoms with Crippen LogP contribution in [-0.2, 0) is 16.6 Å². The first-order valence-corrected chi connectivity index (χ1v) is 10.9. The Bertz CT molecular complexity index is 940. The van der Waals surface area contributed by atoms with Gasteiger partial charge >= 0.3 is 0 Å². The molecule has 2 fully saturated rings. The SMILES string of the molecule is Cc1cc(C)c2c(OCC(=O)N3CCN(C(=O)CC4CCCC4)CC3)nn(C)c2n1. The van der Waals surface area contributed by atoms with Gasteiger partial charge in [-0.3, -0.25) is 9.59 Å². The van der Waals surface area contributed by atoms with Crippen LogP contribution in [0.2, 0.25) is 0 Å². The standard InChI is InChI=1S/C22H31N5O3/c1-15-12-16(2)23-21-20(15)22(24-25(21)3)30-14-19(29)27-10-8-26(9-11-27)18(28)13-17-6-4-5-7-17/h12,17H,4-11,13-14H2,1-3H3. The summed E-state index contributed by atoms with van der Waals surface area (Å²) in [5.41, 5.74) is 2.71. The first kappa shape index (κ1) is 20.6. The fraction of sp³-hybridized carbons (Fsp3) is 0.636. The number of nitrogens with zero attached hydrogens (tertiary/aromatic N) is 5. The van der Waals surface area contributed by atoms with Crippen molar-refractivity contribution in [1.29, 1.82) is 0 Å². The van der Waals surface area contributed by atoms with E-state index in [0.717, 1.165) is 22.3 Å². The molecule has 8 heteroatoms. The second kappa shape index (κ2) is 8.62. The summed E-state index contributed by atoms with van der Waals surface area (Å²) >= 11 is 0. The number of carbonyl (C=O) groups excluding carboxylic acids is 2. The Morgan fingerprint density at radius 2 is 1.70 bits per heavy atom. The third-order valence-corrected chi connectivity index (χ3v) is 6.34. The maximum absolute atomic E-state index is 12.7. The number of aryl methyl sites for hydroxylation is 3. The van der Waals surface area contributed by atoms with Gasteiger partial charge in [-0.1, -0.05) is 12.8 Å². The number of hydrogen-bond donors (Lipinski definition) is 0. The molecule has 8 nitrogen and oxygen atoms in total. The number of fused-ring (bicyclic) bond motifs is 1. The van der Waals surface area contributed by atoms with Crippen molar-refractivity contribution in [2.45, 2.75) is 46.0 Å².